The molecule has 0 amide bonds. The van der Waals surface area contributed by atoms with E-state index >= 15 is 0 Å². The van der Waals surface area contributed by atoms with Crippen LogP contribution in [0, 0.1) is 0 Å². The highest BCUT2D eigenvalue weighted by Gasteiger charge is 2.22. The van der Waals surface area contributed by atoms with Crippen LogP contribution in [-0.2, 0) is 13.0 Å². The van der Waals surface area contributed by atoms with Crippen LogP contribution >= 0.6 is 0 Å². The molecule has 4 nitrogen and oxygen atoms in total. The molecule has 3 rings (SSSR count). The average molecular weight is 315 g/mol. The standard InChI is InChI=1S/C19H25NO3/c1-2-14-6-7-18-17(11-14)15(12-19(22)23-18)13-20-9-4-3-5-16(20)8-10-21/h6-7,11-12,16,21H,2-5,8-10,13H2,1H3/t16-/m0/s1. The SMILES string of the molecule is CCc1ccc2oc(=O)cc(CN3CCCC[C@H]3CCO)c2c1. The molecule has 1 aliphatic heterocycles. The number of aliphatic hydroxyl groups excluding tert-OH is 1. The molecule has 0 unspecified atom stereocenters. The second-order valence-corrected chi connectivity index (χ2v) is 6.41. The molecule has 1 aromatic heterocycles. The fourth-order valence-corrected chi connectivity index (χ4v) is 3.59. The van der Waals surface area contributed by atoms with Gasteiger partial charge >= 0.3 is 5.63 Å². The van der Waals surface area contributed by atoms with E-state index < -0.39 is 0 Å². The van der Waals surface area contributed by atoms with Gasteiger partial charge in [0.1, 0.15) is 5.58 Å². The fourth-order valence-electron chi connectivity index (χ4n) is 3.59. The molecule has 1 atom stereocenters. The maximum Gasteiger partial charge on any atom is 0.336 e. The lowest BCUT2D eigenvalue weighted by Crippen LogP contribution is -2.39. The van der Waals surface area contributed by atoms with Crippen molar-refractivity contribution in [3.05, 3.63) is 45.8 Å². The van der Waals surface area contributed by atoms with Gasteiger partial charge < -0.3 is 9.52 Å². The van der Waals surface area contributed by atoms with Gasteiger partial charge in [-0.15, -0.1) is 0 Å². The summed E-state index contributed by atoms with van der Waals surface area (Å²) in [4.78, 5) is 14.3. The Balaban J connectivity index is 1.95. The molecule has 4 heteroatoms. The van der Waals surface area contributed by atoms with Crippen LogP contribution in [0.2, 0.25) is 0 Å². The highest BCUT2D eigenvalue weighted by molar-refractivity contribution is 5.80. The molecule has 2 heterocycles. The van der Waals surface area contributed by atoms with Crippen molar-refractivity contribution in [2.24, 2.45) is 0 Å². The fraction of sp³-hybridized carbons (Fsp3) is 0.526. The van der Waals surface area contributed by atoms with Gasteiger partial charge in [-0.3, -0.25) is 4.90 Å². The van der Waals surface area contributed by atoms with Gasteiger partial charge in [-0.05, 0) is 55.5 Å². The third kappa shape index (κ3) is 3.65. The zero-order valence-corrected chi connectivity index (χ0v) is 13.8. The van der Waals surface area contributed by atoms with Crippen LogP contribution in [0.15, 0.2) is 33.5 Å². The number of aryl methyl sites for hydroxylation is 1. The number of rotatable bonds is 5. The minimum absolute atomic E-state index is 0.221. The van der Waals surface area contributed by atoms with Gasteiger partial charge in [-0.1, -0.05) is 19.4 Å². The lowest BCUT2D eigenvalue weighted by Gasteiger charge is -2.35. The number of likely N-dealkylation sites (tertiary alicyclic amines) is 1. The Kier molecular flexibility index (Phi) is 5.13. The summed E-state index contributed by atoms with van der Waals surface area (Å²) in [5.41, 5.74) is 2.67. The summed E-state index contributed by atoms with van der Waals surface area (Å²) in [6.07, 6.45) is 5.30. The number of aliphatic hydroxyl groups is 1. The Morgan fingerprint density at radius 3 is 2.96 bits per heavy atom. The van der Waals surface area contributed by atoms with Crippen LogP contribution in [0.3, 0.4) is 0 Å². The predicted octanol–water partition coefficient (Wildman–Crippen LogP) is 3.09. The van der Waals surface area contributed by atoms with E-state index in [4.69, 9.17) is 4.42 Å². The third-order valence-electron chi connectivity index (χ3n) is 4.89. The van der Waals surface area contributed by atoms with Crippen LogP contribution in [0.1, 0.15) is 43.7 Å². The van der Waals surface area contributed by atoms with Crippen molar-refractivity contribution in [2.45, 2.75) is 51.6 Å². The molecule has 1 saturated heterocycles. The lowest BCUT2D eigenvalue weighted by atomic mass is 9.98. The van der Waals surface area contributed by atoms with Crippen molar-refractivity contribution < 1.29 is 9.52 Å². The topological polar surface area (TPSA) is 53.7 Å². The van der Waals surface area contributed by atoms with Crippen LogP contribution in [0.4, 0.5) is 0 Å². The van der Waals surface area contributed by atoms with Crippen molar-refractivity contribution in [2.75, 3.05) is 13.2 Å². The maximum atomic E-state index is 11.9. The highest BCUT2D eigenvalue weighted by Crippen LogP contribution is 2.25. The van der Waals surface area contributed by atoms with Crippen LogP contribution in [-0.4, -0.2) is 29.2 Å². The zero-order valence-electron chi connectivity index (χ0n) is 13.8. The second kappa shape index (κ2) is 7.28. The van der Waals surface area contributed by atoms with Crippen LogP contribution in [0.25, 0.3) is 11.0 Å². The van der Waals surface area contributed by atoms with Crippen LogP contribution in [0.5, 0.6) is 0 Å². The number of nitrogens with zero attached hydrogens (tertiary/aromatic N) is 1. The first-order chi connectivity index (χ1) is 11.2. The molecule has 23 heavy (non-hydrogen) atoms. The number of hydrogen-bond acceptors (Lipinski definition) is 4. The monoisotopic (exact) mass is 315 g/mol. The molecule has 1 aromatic carbocycles. The largest absolute Gasteiger partial charge is 0.423 e. The van der Waals surface area contributed by atoms with E-state index in [1.54, 1.807) is 6.07 Å². The van der Waals surface area contributed by atoms with Gasteiger partial charge in [0.05, 0.1) is 0 Å². The van der Waals surface area contributed by atoms with Crippen LogP contribution < -0.4 is 5.63 Å². The van der Waals surface area contributed by atoms with E-state index in [0.29, 0.717) is 11.6 Å². The Morgan fingerprint density at radius 1 is 1.30 bits per heavy atom. The van der Waals surface area contributed by atoms with E-state index in [2.05, 4.69) is 17.9 Å². The molecule has 0 saturated carbocycles. The summed E-state index contributed by atoms with van der Waals surface area (Å²) in [7, 11) is 0. The minimum Gasteiger partial charge on any atom is -0.423 e. The molecule has 0 aliphatic carbocycles. The summed E-state index contributed by atoms with van der Waals surface area (Å²) in [5, 5.41) is 10.3. The number of fused-ring (bicyclic) bond motifs is 1. The second-order valence-electron chi connectivity index (χ2n) is 6.41. The molecule has 0 bridgehead atoms. The molecular formula is C19H25NO3. The van der Waals surface area contributed by atoms with Gasteiger partial charge in [0, 0.05) is 30.6 Å². The molecule has 124 valence electrons. The minimum atomic E-state index is -0.285. The number of piperidine rings is 1. The summed E-state index contributed by atoms with van der Waals surface area (Å²) < 4.78 is 5.35. The predicted molar refractivity (Wildman–Crippen MR) is 91.6 cm³/mol. The van der Waals surface area contributed by atoms with Crippen molar-refractivity contribution in [3.63, 3.8) is 0 Å². The molecule has 0 radical (unpaired) electrons. The van der Waals surface area contributed by atoms with E-state index in [-0.39, 0.29) is 12.2 Å². The van der Waals surface area contributed by atoms with E-state index in [9.17, 15) is 9.90 Å². The van der Waals surface area contributed by atoms with Crippen molar-refractivity contribution >= 4 is 11.0 Å². The number of hydrogen-bond donors (Lipinski definition) is 1. The molecule has 1 aliphatic rings. The van der Waals surface area contributed by atoms with Crippen molar-refractivity contribution in [1.82, 2.24) is 4.90 Å². The first kappa shape index (κ1) is 16.2. The van der Waals surface area contributed by atoms with Gasteiger partial charge in [-0.25, -0.2) is 4.79 Å². The van der Waals surface area contributed by atoms with Gasteiger partial charge in [-0.2, -0.15) is 0 Å². The smallest absolute Gasteiger partial charge is 0.336 e. The van der Waals surface area contributed by atoms with Crippen molar-refractivity contribution in [3.8, 4) is 0 Å². The first-order valence-corrected chi connectivity index (χ1v) is 8.62. The molecule has 1 N–H and O–H groups in total. The summed E-state index contributed by atoms with van der Waals surface area (Å²) in [5.74, 6) is 0. The van der Waals surface area contributed by atoms with Gasteiger partial charge in [0.15, 0.2) is 0 Å². The third-order valence-corrected chi connectivity index (χ3v) is 4.89. The Bertz CT molecular complexity index is 720. The molecular weight excluding hydrogens is 290 g/mol. The average Bonchev–Trinajstić information content (AvgIpc) is 2.56. The zero-order chi connectivity index (χ0) is 16.2. The van der Waals surface area contributed by atoms with E-state index in [1.807, 2.05) is 12.1 Å². The van der Waals surface area contributed by atoms with Gasteiger partial charge in [0.2, 0.25) is 0 Å². The molecule has 1 fully saturated rings. The molecule has 0 spiro atoms. The highest BCUT2D eigenvalue weighted by atomic mass is 16.4. The number of benzene rings is 1. The Hall–Kier alpha value is -1.65. The van der Waals surface area contributed by atoms with E-state index in [0.717, 1.165) is 43.3 Å². The summed E-state index contributed by atoms with van der Waals surface area (Å²) in [6.45, 7) is 4.13. The summed E-state index contributed by atoms with van der Waals surface area (Å²) >= 11 is 0. The first-order valence-electron chi connectivity index (χ1n) is 8.62. The summed E-state index contributed by atoms with van der Waals surface area (Å²) in [6, 6.07) is 8.10. The normalized spacial score (nSPS) is 19.3. The maximum absolute atomic E-state index is 11.9. The molecule has 2 aromatic rings. The van der Waals surface area contributed by atoms with Crippen molar-refractivity contribution in [1.29, 1.82) is 0 Å². The Labute approximate surface area is 136 Å². The lowest BCUT2D eigenvalue weighted by molar-refractivity contribution is 0.113. The Morgan fingerprint density at radius 2 is 2.17 bits per heavy atom. The van der Waals surface area contributed by atoms with E-state index in [1.165, 1.54) is 18.4 Å². The van der Waals surface area contributed by atoms with Gasteiger partial charge in [0.25, 0.3) is 0 Å². The quantitative estimate of drug-likeness (QED) is 0.862.